The molecule has 0 spiro atoms. The molecule has 2 rings (SSSR count). The lowest BCUT2D eigenvalue weighted by Gasteiger charge is -2.18. The Morgan fingerprint density at radius 2 is 1.77 bits per heavy atom. The highest BCUT2D eigenvalue weighted by Gasteiger charge is 2.19. The predicted molar refractivity (Wildman–Crippen MR) is 109 cm³/mol. The van der Waals surface area contributed by atoms with Crippen LogP contribution in [0.15, 0.2) is 29.1 Å². The minimum Gasteiger partial charge on any atom is -0.348 e. The molecular formula is C20H24Cl2N2O2. The summed E-state index contributed by atoms with van der Waals surface area (Å²) in [6.07, 6.45) is 4.47. The molecule has 0 aliphatic heterocycles. The average Bonchev–Trinajstić information content (AvgIpc) is 2.57. The first kappa shape index (κ1) is 20.5. The smallest absolute Gasteiger partial charge is 0.261 e. The van der Waals surface area contributed by atoms with E-state index in [1.165, 1.54) is 12.5 Å². The lowest BCUT2D eigenvalue weighted by atomic mass is 10.1. The number of carbonyl (C=O) groups excluding carboxylic acids is 1. The van der Waals surface area contributed by atoms with Crippen molar-refractivity contribution in [1.29, 1.82) is 0 Å². The number of pyridine rings is 1. The number of nitrogens with zero attached hydrogens (tertiary/aromatic N) is 1. The minimum atomic E-state index is -0.496. The molecule has 2 aromatic rings. The summed E-state index contributed by atoms with van der Waals surface area (Å²) >= 11 is 12.2. The second-order valence-corrected chi connectivity index (χ2v) is 7.19. The third-order valence-corrected chi connectivity index (χ3v) is 5.07. The lowest BCUT2D eigenvalue weighted by molar-refractivity contribution is 0.102. The van der Waals surface area contributed by atoms with Crippen molar-refractivity contribution in [1.82, 2.24) is 4.57 Å². The molecule has 0 aliphatic carbocycles. The van der Waals surface area contributed by atoms with Crippen molar-refractivity contribution in [3.8, 4) is 0 Å². The number of nitrogens with one attached hydrogen (secondary N) is 1. The highest BCUT2D eigenvalue weighted by Crippen LogP contribution is 2.30. The second-order valence-electron chi connectivity index (χ2n) is 6.37. The number of amides is 1. The fraction of sp³-hybridized carbons (Fsp3) is 0.400. The number of aromatic nitrogens is 1. The number of hydrogen-bond donors (Lipinski definition) is 1. The Labute approximate surface area is 164 Å². The standard InChI is InChI=1S/C20H24Cl2N2O2/c1-4-5-6-7-11-24-13(2)12-17(25)18(14(24)3)20(26)23-19-15(21)9-8-10-16(19)22/h8-10,12H,4-7,11H2,1-3H3,(H,23,26). The summed E-state index contributed by atoms with van der Waals surface area (Å²) in [4.78, 5) is 25.2. The van der Waals surface area contributed by atoms with Crippen LogP contribution in [0.4, 0.5) is 5.69 Å². The monoisotopic (exact) mass is 394 g/mol. The quantitative estimate of drug-likeness (QED) is 0.620. The van der Waals surface area contributed by atoms with Crippen LogP contribution in [0.3, 0.4) is 0 Å². The van der Waals surface area contributed by atoms with Crippen molar-refractivity contribution in [2.24, 2.45) is 0 Å². The van der Waals surface area contributed by atoms with Crippen molar-refractivity contribution in [3.05, 3.63) is 61.5 Å². The van der Waals surface area contributed by atoms with E-state index in [-0.39, 0.29) is 11.0 Å². The van der Waals surface area contributed by atoms with Gasteiger partial charge in [0.05, 0.1) is 15.7 Å². The number of halogens is 2. The topological polar surface area (TPSA) is 51.1 Å². The Balaban J connectivity index is 2.33. The van der Waals surface area contributed by atoms with Gasteiger partial charge < -0.3 is 9.88 Å². The van der Waals surface area contributed by atoms with Crippen LogP contribution in [-0.4, -0.2) is 10.5 Å². The van der Waals surface area contributed by atoms with Gasteiger partial charge in [0.1, 0.15) is 5.56 Å². The van der Waals surface area contributed by atoms with E-state index in [0.29, 0.717) is 21.4 Å². The molecular weight excluding hydrogens is 371 g/mol. The second kappa shape index (κ2) is 9.24. The summed E-state index contributed by atoms with van der Waals surface area (Å²) in [6, 6.07) is 6.48. The molecule has 1 amide bonds. The third-order valence-electron chi connectivity index (χ3n) is 4.44. The van der Waals surface area contributed by atoms with Gasteiger partial charge in [0.25, 0.3) is 5.91 Å². The average molecular weight is 395 g/mol. The first-order valence-electron chi connectivity index (χ1n) is 8.83. The van der Waals surface area contributed by atoms with E-state index in [1.807, 2.05) is 11.5 Å². The summed E-state index contributed by atoms with van der Waals surface area (Å²) in [6.45, 7) is 6.64. The van der Waals surface area contributed by atoms with E-state index < -0.39 is 5.91 Å². The zero-order chi connectivity index (χ0) is 19.3. The van der Waals surface area contributed by atoms with Crippen molar-refractivity contribution in [2.75, 3.05) is 5.32 Å². The van der Waals surface area contributed by atoms with Crippen LogP contribution in [0, 0.1) is 13.8 Å². The Morgan fingerprint density at radius 1 is 1.12 bits per heavy atom. The molecule has 1 N–H and O–H groups in total. The lowest BCUT2D eigenvalue weighted by Crippen LogP contribution is -2.27. The number of unbranched alkanes of at least 4 members (excludes halogenated alkanes) is 3. The molecule has 0 bridgehead atoms. The molecule has 0 aliphatic rings. The van der Waals surface area contributed by atoms with Gasteiger partial charge in [-0.3, -0.25) is 9.59 Å². The van der Waals surface area contributed by atoms with Crippen molar-refractivity contribution in [3.63, 3.8) is 0 Å². The van der Waals surface area contributed by atoms with E-state index in [9.17, 15) is 9.59 Å². The predicted octanol–water partition coefficient (Wildman–Crippen LogP) is 5.60. The fourth-order valence-electron chi connectivity index (χ4n) is 3.03. The van der Waals surface area contributed by atoms with E-state index in [0.717, 1.165) is 31.5 Å². The molecule has 0 saturated heterocycles. The number of benzene rings is 1. The maximum absolute atomic E-state index is 12.8. The Kier molecular flexibility index (Phi) is 7.30. The first-order valence-corrected chi connectivity index (χ1v) is 9.58. The van der Waals surface area contributed by atoms with Gasteiger partial charge in [0.15, 0.2) is 5.43 Å². The number of para-hydroxylation sites is 1. The summed E-state index contributed by atoms with van der Waals surface area (Å²) in [7, 11) is 0. The van der Waals surface area contributed by atoms with Gasteiger partial charge in [-0.2, -0.15) is 0 Å². The van der Waals surface area contributed by atoms with Crippen LogP contribution in [0.25, 0.3) is 0 Å². The molecule has 26 heavy (non-hydrogen) atoms. The van der Waals surface area contributed by atoms with Crippen LogP contribution >= 0.6 is 23.2 Å². The largest absolute Gasteiger partial charge is 0.348 e. The molecule has 1 aromatic heterocycles. The molecule has 0 radical (unpaired) electrons. The molecule has 0 saturated carbocycles. The number of rotatable bonds is 7. The third kappa shape index (κ3) is 4.68. The normalized spacial score (nSPS) is 10.8. The van der Waals surface area contributed by atoms with E-state index >= 15 is 0 Å². The highest BCUT2D eigenvalue weighted by atomic mass is 35.5. The Hall–Kier alpha value is -1.78. The van der Waals surface area contributed by atoms with Gasteiger partial charge in [-0.05, 0) is 32.4 Å². The summed E-state index contributed by atoms with van der Waals surface area (Å²) in [5, 5.41) is 3.34. The zero-order valence-corrected chi connectivity index (χ0v) is 16.9. The van der Waals surface area contributed by atoms with Gasteiger partial charge >= 0.3 is 0 Å². The maximum atomic E-state index is 12.8. The molecule has 1 heterocycles. The van der Waals surface area contributed by atoms with Crippen molar-refractivity contribution >= 4 is 34.8 Å². The summed E-state index contributed by atoms with van der Waals surface area (Å²) < 4.78 is 2.03. The fourth-order valence-corrected chi connectivity index (χ4v) is 3.52. The van der Waals surface area contributed by atoms with Gasteiger partial charge in [0.2, 0.25) is 0 Å². The van der Waals surface area contributed by atoms with Crippen molar-refractivity contribution in [2.45, 2.75) is 53.0 Å². The van der Waals surface area contributed by atoms with E-state index in [4.69, 9.17) is 23.2 Å². The number of carbonyl (C=O) groups is 1. The SMILES string of the molecule is CCCCCCn1c(C)cc(=O)c(C(=O)Nc2c(Cl)cccc2Cl)c1C. The molecule has 0 atom stereocenters. The van der Waals surface area contributed by atoms with Gasteiger partial charge in [0, 0.05) is 24.0 Å². The van der Waals surface area contributed by atoms with Gasteiger partial charge in [-0.25, -0.2) is 0 Å². The molecule has 1 aromatic carbocycles. The minimum absolute atomic E-state index is 0.127. The molecule has 0 fully saturated rings. The zero-order valence-electron chi connectivity index (χ0n) is 15.4. The molecule has 6 heteroatoms. The van der Waals surface area contributed by atoms with Crippen LogP contribution < -0.4 is 10.7 Å². The molecule has 140 valence electrons. The number of hydrogen-bond acceptors (Lipinski definition) is 2. The van der Waals surface area contributed by atoms with Crippen LogP contribution in [0.1, 0.15) is 54.4 Å². The van der Waals surface area contributed by atoms with E-state index in [1.54, 1.807) is 25.1 Å². The number of anilines is 1. The summed E-state index contributed by atoms with van der Waals surface area (Å²) in [5.74, 6) is -0.496. The van der Waals surface area contributed by atoms with Gasteiger partial charge in [-0.1, -0.05) is 55.5 Å². The molecule has 4 nitrogen and oxygen atoms in total. The molecule has 0 unspecified atom stereocenters. The highest BCUT2D eigenvalue weighted by molar-refractivity contribution is 6.40. The summed E-state index contributed by atoms with van der Waals surface area (Å²) in [5.41, 5.74) is 1.66. The maximum Gasteiger partial charge on any atom is 0.261 e. The van der Waals surface area contributed by atoms with Crippen molar-refractivity contribution < 1.29 is 4.79 Å². The van der Waals surface area contributed by atoms with Crippen LogP contribution in [0.2, 0.25) is 10.0 Å². The Bertz CT molecular complexity index is 839. The first-order chi connectivity index (χ1) is 12.4. The van der Waals surface area contributed by atoms with E-state index in [2.05, 4.69) is 12.2 Å². The Morgan fingerprint density at radius 3 is 2.38 bits per heavy atom. The number of aryl methyl sites for hydroxylation is 1. The van der Waals surface area contributed by atoms with Crippen LogP contribution in [0.5, 0.6) is 0 Å². The van der Waals surface area contributed by atoms with Gasteiger partial charge in [-0.15, -0.1) is 0 Å². The van der Waals surface area contributed by atoms with Crippen LogP contribution in [-0.2, 0) is 6.54 Å².